The van der Waals surface area contributed by atoms with E-state index < -0.39 is 17.7 Å². The van der Waals surface area contributed by atoms with Gasteiger partial charge in [0.2, 0.25) is 5.85 Å². The van der Waals surface area contributed by atoms with Gasteiger partial charge in [-0.3, -0.25) is 0 Å². The maximum atomic E-state index is 13.7. The fourth-order valence-electron chi connectivity index (χ4n) is 5.20. The van der Waals surface area contributed by atoms with E-state index in [-0.39, 0.29) is 24.3 Å². The number of halogens is 1. The van der Waals surface area contributed by atoms with Crippen LogP contribution in [-0.4, -0.2) is 50.8 Å². The number of amidine groups is 1. The van der Waals surface area contributed by atoms with Gasteiger partial charge in [0.05, 0.1) is 18.9 Å². The first-order valence-electron chi connectivity index (χ1n) is 14.9. The summed E-state index contributed by atoms with van der Waals surface area (Å²) in [4.78, 5) is 23.4. The minimum absolute atomic E-state index is 0.0543. The Hall–Kier alpha value is -4.91. The van der Waals surface area contributed by atoms with E-state index >= 15 is 0 Å². The second kappa shape index (κ2) is 14.2. The third-order valence-corrected chi connectivity index (χ3v) is 8.24. The van der Waals surface area contributed by atoms with Gasteiger partial charge in [-0.1, -0.05) is 71.8 Å². The largest absolute Gasteiger partial charge is 0.459 e. The molecule has 1 heterocycles. The van der Waals surface area contributed by atoms with Crippen LogP contribution in [0.25, 0.3) is 27.5 Å². The molecule has 5 rings (SSSR count). The second-order valence-electron chi connectivity index (χ2n) is 11.4. The molecule has 2 atom stereocenters. The zero-order valence-corrected chi connectivity index (χ0v) is 27.3. The minimum atomic E-state index is -1.77. The van der Waals surface area contributed by atoms with Crippen LogP contribution in [0, 0.1) is 6.92 Å². The highest BCUT2D eigenvalue weighted by molar-refractivity contribution is 8.13. The average Bonchev–Trinajstić information content (AvgIpc) is 3.53. The van der Waals surface area contributed by atoms with Crippen molar-refractivity contribution in [2.24, 2.45) is 15.8 Å². The summed E-state index contributed by atoms with van der Waals surface area (Å²) in [6.07, 6.45) is 1.30. The fourth-order valence-corrected chi connectivity index (χ4v) is 5.72. The van der Waals surface area contributed by atoms with Crippen molar-refractivity contribution in [3.63, 3.8) is 0 Å². The van der Waals surface area contributed by atoms with Crippen LogP contribution >= 0.6 is 11.8 Å². The number of nitrogens with two attached hydrogens (primary N) is 1. The summed E-state index contributed by atoms with van der Waals surface area (Å²) in [5.74, 6) is -0.493. The minimum Gasteiger partial charge on any atom is -0.459 e. The normalized spacial score (nSPS) is 17.3. The quantitative estimate of drug-likeness (QED) is 0.0412. The van der Waals surface area contributed by atoms with Crippen molar-refractivity contribution in [2.45, 2.75) is 51.6 Å². The number of aromatic nitrogens is 3. The molecule has 3 aromatic carbocycles. The van der Waals surface area contributed by atoms with Gasteiger partial charge in [0.25, 0.3) is 0 Å². The molecule has 47 heavy (non-hydrogen) atoms. The van der Waals surface area contributed by atoms with Crippen molar-refractivity contribution in [1.29, 1.82) is 0 Å². The molecule has 0 fully saturated rings. The van der Waals surface area contributed by atoms with E-state index in [0.717, 1.165) is 45.3 Å². The predicted molar refractivity (Wildman–Crippen MR) is 178 cm³/mol. The van der Waals surface area contributed by atoms with Crippen LogP contribution in [0.5, 0.6) is 5.75 Å². The molecule has 0 radical (unpaired) electrons. The molecule has 0 saturated heterocycles. The first kappa shape index (κ1) is 33.5. The number of aliphatic imine (C=N–C) groups is 1. The molecular formula is C33H35FN8O4S. The number of carbonyl (C=O) groups is 1. The Morgan fingerprint density at radius 2 is 1.89 bits per heavy atom. The highest BCUT2D eigenvalue weighted by Gasteiger charge is 2.50. The first-order valence-corrected chi connectivity index (χ1v) is 15.9. The average molecular weight is 659 g/mol. The molecule has 0 saturated carbocycles. The molecule has 1 amide bonds. The SMILES string of the molecule is Cc1ccc2c(c1)C(N=[N+]=[N-])(OCCS/C(N)=N\C(=O)OCCc1ccc(-c3ncn(-c4ccc(OC(C)(C)F)cc4)n3)cc1)C2C. The van der Waals surface area contributed by atoms with E-state index in [0.29, 0.717) is 23.7 Å². The first-order chi connectivity index (χ1) is 22.5. The smallest absolute Gasteiger partial charge is 0.436 e. The van der Waals surface area contributed by atoms with E-state index in [2.05, 4.69) is 25.1 Å². The lowest BCUT2D eigenvalue weighted by atomic mass is 9.70. The number of fused-ring (bicyclic) bond motifs is 1. The molecule has 4 aromatic rings. The van der Waals surface area contributed by atoms with Gasteiger partial charge in [0.15, 0.2) is 16.7 Å². The Balaban J connectivity index is 1.05. The highest BCUT2D eigenvalue weighted by Crippen LogP contribution is 2.53. The number of carbonyl (C=O) groups excluding carboxylic acids is 1. The molecule has 244 valence electrons. The summed E-state index contributed by atoms with van der Waals surface area (Å²) >= 11 is 1.15. The van der Waals surface area contributed by atoms with Gasteiger partial charge >= 0.3 is 6.09 Å². The van der Waals surface area contributed by atoms with Gasteiger partial charge in [-0.2, -0.15) is 9.38 Å². The maximum Gasteiger partial charge on any atom is 0.436 e. The van der Waals surface area contributed by atoms with E-state index in [9.17, 15) is 9.18 Å². The molecule has 12 nitrogen and oxygen atoms in total. The van der Waals surface area contributed by atoms with Gasteiger partial charge < -0.3 is 19.9 Å². The maximum absolute atomic E-state index is 13.7. The Labute approximate surface area is 275 Å². The topological polar surface area (TPSA) is 163 Å². The van der Waals surface area contributed by atoms with Crippen LogP contribution in [0.1, 0.15) is 48.9 Å². The van der Waals surface area contributed by atoms with Gasteiger partial charge in [-0.05, 0) is 53.4 Å². The number of hydrogen-bond donors (Lipinski definition) is 1. The van der Waals surface area contributed by atoms with Crippen molar-refractivity contribution >= 4 is 23.0 Å². The van der Waals surface area contributed by atoms with Crippen LogP contribution in [0.2, 0.25) is 0 Å². The van der Waals surface area contributed by atoms with E-state index in [1.807, 2.05) is 56.3 Å². The summed E-state index contributed by atoms with van der Waals surface area (Å²) in [5, 5.41) is 8.57. The van der Waals surface area contributed by atoms with Crippen molar-refractivity contribution in [2.75, 3.05) is 19.0 Å². The van der Waals surface area contributed by atoms with E-state index in [4.69, 9.17) is 25.5 Å². The van der Waals surface area contributed by atoms with Gasteiger partial charge in [-0.25, -0.2) is 14.5 Å². The lowest BCUT2D eigenvalue weighted by Gasteiger charge is -2.46. The van der Waals surface area contributed by atoms with Gasteiger partial charge in [-0.15, -0.1) is 5.10 Å². The van der Waals surface area contributed by atoms with Crippen molar-refractivity contribution in [1.82, 2.24) is 14.8 Å². The Bertz CT molecular complexity index is 1800. The lowest BCUT2D eigenvalue weighted by Crippen LogP contribution is -2.43. The van der Waals surface area contributed by atoms with E-state index in [1.165, 1.54) is 13.8 Å². The molecular weight excluding hydrogens is 623 g/mol. The van der Waals surface area contributed by atoms with Crippen LogP contribution in [0.15, 0.2) is 83.2 Å². The van der Waals surface area contributed by atoms with Gasteiger partial charge in [0.1, 0.15) is 12.1 Å². The summed E-state index contributed by atoms with van der Waals surface area (Å²) < 4.78 is 31.9. The standard InChI is InChI=1S/C33H35FN8O4S/c1-21-5-14-27-22(2)33(40-41-36,28(27)19-21)45-17-18-47-30(35)38-31(43)44-16-15-23-6-8-24(9-7-23)29-37-20-42(39-29)25-10-12-26(13-11-25)46-32(3,4)34/h5-14,19-20,22H,15-18H2,1-4H3,(H2,35,38,43). The molecule has 14 heteroatoms. The number of benzene rings is 3. The zero-order chi connectivity index (χ0) is 33.6. The third-order valence-electron chi connectivity index (χ3n) is 7.48. The van der Waals surface area contributed by atoms with Crippen molar-refractivity contribution in [3.05, 3.63) is 106 Å². The summed E-state index contributed by atoms with van der Waals surface area (Å²) in [7, 11) is 0. The highest BCUT2D eigenvalue weighted by atomic mass is 32.2. The number of nitrogens with zero attached hydrogens (tertiary/aromatic N) is 7. The van der Waals surface area contributed by atoms with Crippen LogP contribution in [-0.2, 0) is 21.6 Å². The number of azide groups is 1. The molecule has 1 aromatic heterocycles. The number of alkyl halides is 1. The number of rotatable bonds is 12. The molecule has 0 aliphatic heterocycles. The molecule has 1 aliphatic rings. The Morgan fingerprint density at radius 1 is 1.15 bits per heavy atom. The summed E-state index contributed by atoms with van der Waals surface area (Å²) in [5.41, 5.74) is 19.6. The molecule has 1 aliphatic carbocycles. The van der Waals surface area contributed by atoms with Crippen LogP contribution in [0.4, 0.5) is 9.18 Å². The predicted octanol–water partition coefficient (Wildman–Crippen LogP) is 7.35. The Kier molecular flexibility index (Phi) is 10.1. The van der Waals surface area contributed by atoms with E-state index in [1.54, 1.807) is 35.3 Å². The second-order valence-corrected chi connectivity index (χ2v) is 12.5. The molecule has 0 bridgehead atoms. The summed E-state index contributed by atoms with van der Waals surface area (Å²) in [6.45, 7) is 6.98. The van der Waals surface area contributed by atoms with Crippen molar-refractivity contribution in [3.8, 4) is 22.8 Å². The fraction of sp³-hybridized carbons (Fsp3) is 0.333. The number of ether oxygens (including phenoxy) is 3. The van der Waals surface area contributed by atoms with Crippen molar-refractivity contribution < 1.29 is 23.4 Å². The number of hydrogen-bond acceptors (Lipinski definition) is 8. The third kappa shape index (κ3) is 8.09. The molecule has 2 unspecified atom stereocenters. The van der Waals surface area contributed by atoms with Crippen LogP contribution < -0.4 is 10.5 Å². The number of aryl methyl sites for hydroxylation is 1. The lowest BCUT2D eigenvalue weighted by molar-refractivity contribution is -0.0765. The van der Waals surface area contributed by atoms with Crippen LogP contribution in [0.3, 0.4) is 0 Å². The Morgan fingerprint density at radius 3 is 2.60 bits per heavy atom. The molecule has 0 spiro atoms. The zero-order valence-electron chi connectivity index (χ0n) is 26.5. The molecule has 2 N–H and O–H groups in total. The van der Waals surface area contributed by atoms with Gasteiger partial charge in [0, 0.05) is 42.4 Å². The number of amides is 1. The monoisotopic (exact) mass is 658 g/mol. The summed E-state index contributed by atoms with van der Waals surface area (Å²) in [6, 6.07) is 20.5. The number of thioether (sulfide) groups is 1.